The lowest BCUT2D eigenvalue weighted by Gasteiger charge is -2.33. The fourth-order valence-electron chi connectivity index (χ4n) is 4.57. The Morgan fingerprint density at radius 3 is 2.68 bits per heavy atom. The van der Waals surface area contributed by atoms with Crippen molar-refractivity contribution < 1.29 is 0 Å². The van der Waals surface area contributed by atoms with Gasteiger partial charge in [-0.05, 0) is 36.9 Å². The van der Waals surface area contributed by atoms with Crippen LogP contribution >= 0.6 is 0 Å². The molecule has 0 atom stereocenters. The Morgan fingerprint density at radius 2 is 1.85 bits per heavy atom. The third kappa shape index (κ3) is 3.60. The molecule has 6 rings (SSSR count). The van der Waals surface area contributed by atoms with Crippen molar-refractivity contribution in [1.29, 1.82) is 0 Å². The molecular weight excluding hydrogens is 426 g/mol. The van der Waals surface area contributed by atoms with Gasteiger partial charge in [0.1, 0.15) is 23.7 Å². The Hall–Kier alpha value is -4.11. The predicted molar refractivity (Wildman–Crippen MR) is 134 cm³/mol. The van der Waals surface area contributed by atoms with Gasteiger partial charge in [-0.3, -0.25) is 4.98 Å². The summed E-state index contributed by atoms with van der Waals surface area (Å²) >= 11 is 0. The standard InChI is InChI=1S/C25H25N9/c1-32-9-11-33(12-10-32)21-13-18(19-6-2-3-7-20(19)30-21)15-34-25-22(24(26)28-16-29-25)23(31-34)17-5-4-8-27-14-17/h2-8,13-14,16H,9-12,15H2,1H3,(H2,26,28,29). The number of anilines is 2. The van der Waals surface area contributed by atoms with Gasteiger partial charge in [-0.2, -0.15) is 5.10 Å². The topological polar surface area (TPSA) is 102 Å². The summed E-state index contributed by atoms with van der Waals surface area (Å²) in [4.78, 5) is 22.7. The van der Waals surface area contributed by atoms with Crippen LogP contribution in [0.3, 0.4) is 0 Å². The lowest BCUT2D eigenvalue weighted by molar-refractivity contribution is 0.312. The fraction of sp³-hybridized carbons (Fsp3) is 0.240. The molecule has 0 spiro atoms. The summed E-state index contributed by atoms with van der Waals surface area (Å²) in [6.07, 6.45) is 5.01. The first kappa shape index (κ1) is 20.5. The van der Waals surface area contributed by atoms with Crippen LogP contribution in [-0.2, 0) is 6.54 Å². The van der Waals surface area contributed by atoms with Gasteiger partial charge in [-0.15, -0.1) is 0 Å². The Morgan fingerprint density at radius 1 is 1.00 bits per heavy atom. The number of rotatable bonds is 4. The molecule has 0 amide bonds. The monoisotopic (exact) mass is 451 g/mol. The number of piperazine rings is 1. The average Bonchev–Trinajstić information content (AvgIpc) is 3.24. The molecule has 5 aromatic rings. The van der Waals surface area contributed by atoms with E-state index < -0.39 is 0 Å². The Kier molecular flexibility index (Phi) is 5.03. The zero-order valence-electron chi connectivity index (χ0n) is 19.0. The van der Waals surface area contributed by atoms with Crippen molar-refractivity contribution in [2.45, 2.75) is 6.54 Å². The van der Waals surface area contributed by atoms with Crippen molar-refractivity contribution >= 4 is 33.6 Å². The van der Waals surface area contributed by atoms with Crippen LogP contribution < -0.4 is 10.6 Å². The number of aromatic nitrogens is 6. The van der Waals surface area contributed by atoms with Crippen LogP contribution in [0.25, 0.3) is 33.2 Å². The summed E-state index contributed by atoms with van der Waals surface area (Å²) in [7, 11) is 2.16. The number of para-hydroxylation sites is 1. The molecule has 34 heavy (non-hydrogen) atoms. The van der Waals surface area contributed by atoms with Gasteiger partial charge in [0, 0.05) is 49.5 Å². The maximum atomic E-state index is 6.28. The summed E-state index contributed by atoms with van der Waals surface area (Å²) in [5, 5.41) is 6.78. The summed E-state index contributed by atoms with van der Waals surface area (Å²) in [6.45, 7) is 4.51. The van der Waals surface area contributed by atoms with Crippen LogP contribution in [0.1, 0.15) is 5.56 Å². The normalized spacial score (nSPS) is 14.8. The quantitative estimate of drug-likeness (QED) is 0.445. The minimum Gasteiger partial charge on any atom is -0.383 e. The first-order chi connectivity index (χ1) is 16.7. The van der Waals surface area contributed by atoms with Crippen LogP contribution in [0.15, 0.2) is 61.2 Å². The third-order valence-corrected chi connectivity index (χ3v) is 6.43. The van der Waals surface area contributed by atoms with Crippen molar-refractivity contribution in [2.75, 3.05) is 43.9 Å². The maximum absolute atomic E-state index is 6.28. The molecule has 1 saturated heterocycles. The van der Waals surface area contributed by atoms with Gasteiger partial charge < -0.3 is 15.5 Å². The summed E-state index contributed by atoms with van der Waals surface area (Å²) in [5.41, 5.74) is 10.7. The maximum Gasteiger partial charge on any atom is 0.164 e. The summed E-state index contributed by atoms with van der Waals surface area (Å²) in [6, 6.07) is 14.3. The van der Waals surface area contributed by atoms with Gasteiger partial charge in [-0.25, -0.2) is 19.6 Å². The summed E-state index contributed by atoms with van der Waals surface area (Å²) in [5.74, 6) is 1.41. The summed E-state index contributed by atoms with van der Waals surface area (Å²) < 4.78 is 1.91. The molecule has 2 N–H and O–H groups in total. The van der Waals surface area contributed by atoms with E-state index in [1.54, 1.807) is 12.4 Å². The van der Waals surface area contributed by atoms with Gasteiger partial charge in [0.15, 0.2) is 5.65 Å². The zero-order chi connectivity index (χ0) is 23.1. The van der Waals surface area contributed by atoms with E-state index in [0.29, 0.717) is 18.0 Å². The predicted octanol–water partition coefficient (Wildman–Crippen LogP) is 2.82. The van der Waals surface area contributed by atoms with Gasteiger partial charge in [0.05, 0.1) is 17.4 Å². The van der Waals surface area contributed by atoms with Gasteiger partial charge in [0.2, 0.25) is 0 Å². The highest BCUT2D eigenvalue weighted by Gasteiger charge is 2.20. The molecule has 0 aliphatic carbocycles. The molecule has 0 bridgehead atoms. The number of likely N-dealkylation sites (N-methyl/N-ethyl adjacent to an activating group) is 1. The van der Waals surface area contributed by atoms with Crippen molar-refractivity contribution in [3.8, 4) is 11.3 Å². The van der Waals surface area contributed by atoms with Gasteiger partial charge in [0.25, 0.3) is 0 Å². The second-order valence-corrected chi connectivity index (χ2v) is 8.65. The number of hydrogen-bond acceptors (Lipinski definition) is 8. The van der Waals surface area contributed by atoms with Gasteiger partial charge >= 0.3 is 0 Å². The first-order valence-corrected chi connectivity index (χ1v) is 11.4. The van der Waals surface area contributed by atoms with Crippen LogP contribution in [-0.4, -0.2) is 67.8 Å². The van der Waals surface area contributed by atoms with E-state index in [2.05, 4.69) is 50.0 Å². The Labute approximate surface area is 196 Å². The molecule has 1 aliphatic heterocycles. The second-order valence-electron chi connectivity index (χ2n) is 8.65. The molecule has 9 nitrogen and oxygen atoms in total. The first-order valence-electron chi connectivity index (χ1n) is 11.4. The van der Waals surface area contributed by atoms with E-state index in [9.17, 15) is 0 Å². The molecule has 1 aromatic carbocycles. The average molecular weight is 452 g/mol. The lowest BCUT2D eigenvalue weighted by atomic mass is 10.1. The molecule has 4 aromatic heterocycles. The molecule has 0 unspecified atom stereocenters. The molecule has 170 valence electrons. The van der Waals surface area contributed by atoms with Crippen LogP contribution in [0.4, 0.5) is 11.6 Å². The number of pyridine rings is 2. The fourth-order valence-corrected chi connectivity index (χ4v) is 4.57. The van der Waals surface area contributed by atoms with Crippen LogP contribution in [0.5, 0.6) is 0 Å². The van der Waals surface area contributed by atoms with E-state index in [-0.39, 0.29) is 0 Å². The van der Waals surface area contributed by atoms with Crippen molar-refractivity contribution in [3.05, 3.63) is 66.7 Å². The number of fused-ring (bicyclic) bond motifs is 2. The van der Waals surface area contributed by atoms with Crippen molar-refractivity contribution in [1.82, 2.24) is 34.6 Å². The third-order valence-electron chi connectivity index (χ3n) is 6.43. The largest absolute Gasteiger partial charge is 0.383 e. The number of nitrogens with zero attached hydrogens (tertiary/aromatic N) is 8. The Balaban J connectivity index is 1.48. The highest BCUT2D eigenvalue weighted by atomic mass is 15.3. The number of benzene rings is 1. The Bertz CT molecular complexity index is 1470. The van der Waals surface area contributed by atoms with Crippen LogP contribution in [0.2, 0.25) is 0 Å². The molecule has 1 aliphatic rings. The minimum absolute atomic E-state index is 0.410. The highest BCUT2D eigenvalue weighted by Crippen LogP contribution is 2.31. The highest BCUT2D eigenvalue weighted by molar-refractivity contribution is 5.98. The SMILES string of the molecule is CN1CCN(c2cc(Cn3nc(-c4cccnc4)c4c(N)ncnc43)c3ccccc3n2)CC1. The van der Waals surface area contributed by atoms with Crippen molar-refractivity contribution in [3.63, 3.8) is 0 Å². The minimum atomic E-state index is 0.410. The van der Waals surface area contributed by atoms with Gasteiger partial charge in [-0.1, -0.05) is 18.2 Å². The molecular formula is C25H25N9. The molecule has 0 radical (unpaired) electrons. The molecule has 0 saturated carbocycles. The van der Waals surface area contributed by atoms with E-state index in [0.717, 1.165) is 65.1 Å². The molecule has 1 fully saturated rings. The van der Waals surface area contributed by atoms with E-state index in [1.165, 1.54) is 6.33 Å². The molecule has 5 heterocycles. The lowest BCUT2D eigenvalue weighted by Crippen LogP contribution is -2.44. The van der Waals surface area contributed by atoms with E-state index >= 15 is 0 Å². The molecule has 9 heteroatoms. The van der Waals surface area contributed by atoms with E-state index in [1.807, 2.05) is 28.9 Å². The second kappa shape index (κ2) is 8.35. The van der Waals surface area contributed by atoms with Crippen molar-refractivity contribution in [2.24, 2.45) is 0 Å². The number of nitrogen functional groups attached to an aromatic ring is 1. The smallest absolute Gasteiger partial charge is 0.164 e. The number of hydrogen-bond donors (Lipinski definition) is 1. The zero-order valence-corrected chi connectivity index (χ0v) is 19.0. The van der Waals surface area contributed by atoms with Crippen LogP contribution in [0, 0.1) is 0 Å². The van der Waals surface area contributed by atoms with E-state index in [4.69, 9.17) is 15.8 Å². The number of nitrogens with two attached hydrogens (primary N) is 1.